The van der Waals surface area contributed by atoms with E-state index in [-0.39, 0.29) is 0 Å². The van der Waals surface area contributed by atoms with E-state index in [0.29, 0.717) is 0 Å². The lowest BCUT2D eigenvalue weighted by Crippen LogP contribution is -2.68. The highest BCUT2D eigenvalue weighted by Gasteiger charge is 2.56. The zero-order chi connectivity index (χ0) is 43.3. The average molecular weight is 856 g/mol. The fourth-order valence-electron chi connectivity index (χ4n) is 6.95. The second-order valence-corrected chi connectivity index (χ2v) is 14.4. The zero-order valence-electron chi connectivity index (χ0n) is 31.2. The van der Waals surface area contributed by atoms with Gasteiger partial charge in [0.15, 0.2) is 25.2 Å². The maximum absolute atomic E-state index is 11.8. The van der Waals surface area contributed by atoms with Gasteiger partial charge in [-0.05, 0) is 6.92 Å². The molecule has 4 saturated heterocycles. The van der Waals surface area contributed by atoms with Crippen molar-refractivity contribution in [2.45, 2.75) is 161 Å². The SMILES string of the molecule is CC(=O)N[C@@H](CO)[C@@H](O[C@@H]1O[C@H](CO)[C@H](O[C@H]2O[C@H](CO)[C@H](O)[C@H](O[C@H]3O[C@H](CO)[C@H](O)[C@H](O)[C@H]3O[C@H]3O[C@H](C)[C@H](O)[C@H](O)[C@H]3O)[C@H]2O)[C@H](O)[C@H]1O)[C@@H](O)[C@H](O)CO. The standard InChI is InChI=1S/C32H57NO25/c1-8-15(41)19(45)22(48)29(51-8)58-28-20(46)17(43)12(5-36)53-32(28)57-27-18(44)13(6-37)52-31(24(27)50)56-26-14(7-38)54-30(23(49)21(26)47)55-25(16(42)11(40)4-35)10(3-34)33-9(2)39/h8,10-32,34-38,40-50H,3-7H2,1-2H3,(H,33,39)/t8-,10+,11-,12-,13-,14-,15+,16+,17+,18+,19+,20+,21-,22-,23-,24-,25-,26+,27+,28-,29-,30+,31-,32-/m1/s1. The molecule has 58 heavy (non-hydrogen) atoms. The predicted octanol–water partition coefficient (Wildman–Crippen LogP) is -11.1. The van der Waals surface area contributed by atoms with Crippen molar-refractivity contribution < 1.29 is 124 Å². The molecule has 0 aromatic heterocycles. The van der Waals surface area contributed by atoms with Gasteiger partial charge >= 0.3 is 0 Å². The van der Waals surface area contributed by atoms with E-state index in [1.807, 2.05) is 0 Å². The first-order valence-corrected chi connectivity index (χ1v) is 18.4. The molecule has 0 aliphatic carbocycles. The number of amides is 1. The van der Waals surface area contributed by atoms with Crippen molar-refractivity contribution in [3.8, 4) is 0 Å². The summed E-state index contributed by atoms with van der Waals surface area (Å²) in [5.74, 6) is -0.725. The maximum atomic E-state index is 11.8. The van der Waals surface area contributed by atoms with E-state index in [9.17, 15) is 86.5 Å². The summed E-state index contributed by atoms with van der Waals surface area (Å²) in [5, 5.41) is 170. The third kappa shape index (κ3) is 10.7. The van der Waals surface area contributed by atoms with Crippen molar-refractivity contribution in [2.24, 2.45) is 0 Å². The molecule has 0 spiro atoms. The molecular weight excluding hydrogens is 798 g/mol. The van der Waals surface area contributed by atoms with Crippen LogP contribution in [-0.2, 0) is 42.7 Å². The molecule has 0 bridgehead atoms. The Hall–Kier alpha value is -1.49. The third-order valence-electron chi connectivity index (χ3n) is 10.3. The maximum Gasteiger partial charge on any atom is 0.217 e. The molecule has 26 heteroatoms. The quantitative estimate of drug-likeness (QED) is 0.0646. The second-order valence-electron chi connectivity index (χ2n) is 14.4. The molecule has 0 aromatic carbocycles. The normalized spacial score (nSPS) is 45.9. The van der Waals surface area contributed by atoms with Crippen LogP contribution < -0.4 is 5.32 Å². The topological polar surface area (TPSA) is 427 Å². The van der Waals surface area contributed by atoms with E-state index in [0.717, 1.165) is 6.92 Å². The highest BCUT2D eigenvalue weighted by Crippen LogP contribution is 2.35. The number of aliphatic hydroxyl groups excluding tert-OH is 16. The number of carbonyl (C=O) groups excluding carboxylic acids is 1. The summed E-state index contributed by atoms with van der Waals surface area (Å²) >= 11 is 0. The summed E-state index contributed by atoms with van der Waals surface area (Å²) in [4.78, 5) is 11.8. The molecule has 24 atom stereocenters. The largest absolute Gasteiger partial charge is 0.394 e. The summed E-state index contributed by atoms with van der Waals surface area (Å²) in [6.07, 6.45) is -42.9. The van der Waals surface area contributed by atoms with Crippen LogP contribution in [0.25, 0.3) is 0 Å². The second kappa shape index (κ2) is 21.5. The van der Waals surface area contributed by atoms with Crippen molar-refractivity contribution in [3.63, 3.8) is 0 Å². The molecule has 4 heterocycles. The van der Waals surface area contributed by atoms with Gasteiger partial charge in [-0.3, -0.25) is 4.79 Å². The Morgan fingerprint density at radius 3 is 1.62 bits per heavy atom. The van der Waals surface area contributed by atoms with Crippen LogP contribution >= 0.6 is 0 Å². The minimum atomic E-state index is -2.16. The van der Waals surface area contributed by atoms with E-state index >= 15 is 0 Å². The summed E-state index contributed by atoms with van der Waals surface area (Å²) in [7, 11) is 0. The van der Waals surface area contributed by atoms with Gasteiger partial charge in [0, 0.05) is 6.92 Å². The molecule has 0 radical (unpaired) electrons. The number of carbonyl (C=O) groups is 1. The number of hydrogen-bond donors (Lipinski definition) is 17. The first-order valence-electron chi connectivity index (χ1n) is 18.4. The van der Waals surface area contributed by atoms with Gasteiger partial charge in [-0.25, -0.2) is 0 Å². The van der Waals surface area contributed by atoms with Crippen molar-refractivity contribution in [1.29, 1.82) is 0 Å². The van der Waals surface area contributed by atoms with Gasteiger partial charge in [0.25, 0.3) is 0 Å². The Balaban J connectivity index is 1.56. The van der Waals surface area contributed by atoms with Crippen LogP contribution in [-0.4, -0.2) is 268 Å². The van der Waals surface area contributed by atoms with Crippen molar-refractivity contribution in [1.82, 2.24) is 5.32 Å². The fourth-order valence-corrected chi connectivity index (χ4v) is 6.95. The molecule has 4 fully saturated rings. The van der Waals surface area contributed by atoms with Gasteiger partial charge in [0.2, 0.25) is 5.91 Å². The van der Waals surface area contributed by atoms with Crippen LogP contribution in [0.5, 0.6) is 0 Å². The van der Waals surface area contributed by atoms with Gasteiger partial charge in [-0.2, -0.15) is 0 Å². The number of aliphatic hydroxyl groups is 16. The smallest absolute Gasteiger partial charge is 0.217 e. The fraction of sp³-hybridized carbons (Fsp3) is 0.969. The summed E-state index contributed by atoms with van der Waals surface area (Å²) in [5.41, 5.74) is 0. The molecule has 1 amide bonds. The van der Waals surface area contributed by atoms with Crippen molar-refractivity contribution in [3.05, 3.63) is 0 Å². The highest BCUT2D eigenvalue weighted by atomic mass is 16.8. The minimum Gasteiger partial charge on any atom is -0.394 e. The van der Waals surface area contributed by atoms with Crippen LogP contribution in [0.1, 0.15) is 13.8 Å². The molecule has 4 aliphatic rings. The van der Waals surface area contributed by atoms with Crippen LogP contribution in [0.2, 0.25) is 0 Å². The first kappa shape index (κ1) is 49.2. The van der Waals surface area contributed by atoms with Gasteiger partial charge in [-0.15, -0.1) is 0 Å². The van der Waals surface area contributed by atoms with Crippen LogP contribution in [0.4, 0.5) is 0 Å². The van der Waals surface area contributed by atoms with Crippen molar-refractivity contribution >= 4 is 5.91 Å². The molecule has 26 nitrogen and oxygen atoms in total. The van der Waals surface area contributed by atoms with Crippen LogP contribution in [0, 0.1) is 0 Å². The number of ether oxygens (including phenoxy) is 8. The van der Waals surface area contributed by atoms with E-state index < -0.39 is 186 Å². The molecule has 0 unspecified atom stereocenters. The number of nitrogens with one attached hydrogen (secondary N) is 1. The zero-order valence-corrected chi connectivity index (χ0v) is 31.2. The van der Waals surface area contributed by atoms with Gasteiger partial charge in [0.05, 0.1) is 45.2 Å². The van der Waals surface area contributed by atoms with Gasteiger partial charge in [-0.1, -0.05) is 0 Å². The Morgan fingerprint density at radius 2 is 1.05 bits per heavy atom. The van der Waals surface area contributed by atoms with E-state index in [4.69, 9.17) is 37.9 Å². The lowest BCUT2D eigenvalue weighted by atomic mass is 9.95. The molecule has 0 saturated carbocycles. The van der Waals surface area contributed by atoms with E-state index in [1.165, 1.54) is 6.92 Å². The summed E-state index contributed by atoms with van der Waals surface area (Å²) < 4.78 is 44.9. The monoisotopic (exact) mass is 855 g/mol. The van der Waals surface area contributed by atoms with E-state index in [2.05, 4.69) is 5.32 Å². The molecular formula is C32H57NO25. The molecule has 4 aliphatic heterocycles. The summed E-state index contributed by atoms with van der Waals surface area (Å²) in [6.45, 7) is -2.44. The Morgan fingerprint density at radius 1 is 0.552 bits per heavy atom. The molecule has 340 valence electrons. The Bertz CT molecular complexity index is 1260. The average Bonchev–Trinajstić information content (AvgIpc) is 3.20. The minimum absolute atomic E-state index is 0.725. The van der Waals surface area contributed by atoms with E-state index in [1.54, 1.807) is 0 Å². The number of hydrogen-bond acceptors (Lipinski definition) is 25. The number of rotatable bonds is 17. The first-order chi connectivity index (χ1) is 27.3. The lowest BCUT2D eigenvalue weighted by Gasteiger charge is -2.49. The molecule has 17 N–H and O–H groups in total. The van der Waals surface area contributed by atoms with Crippen LogP contribution in [0.3, 0.4) is 0 Å². The molecule has 4 rings (SSSR count). The third-order valence-corrected chi connectivity index (χ3v) is 10.3. The molecule has 0 aromatic rings. The van der Waals surface area contributed by atoms with Gasteiger partial charge in [0.1, 0.15) is 110 Å². The highest BCUT2D eigenvalue weighted by molar-refractivity contribution is 5.73. The summed E-state index contributed by atoms with van der Waals surface area (Å²) in [6, 6.07) is -1.48. The van der Waals surface area contributed by atoms with Crippen LogP contribution in [0.15, 0.2) is 0 Å². The lowest BCUT2D eigenvalue weighted by molar-refractivity contribution is -0.396. The Kier molecular flexibility index (Phi) is 18.3. The Labute approximate surface area is 329 Å². The van der Waals surface area contributed by atoms with Crippen molar-refractivity contribution in [2.75, 3.05) is 33.0 Å². The predicted molar refractivity (Wildman–Crippen MR) is 179 cm³/mol. The van der Waals surface area contributed by atoms with Gasteiger partial charge < -0.3 is 125 Å².